The van der Waals surface area contributed by atoms with Gasteiger partial charge in [0.1, 0.15) is 10.5 Å². The highest BCUT2D eigenvalue weighted by Crippen LogP contribution is 2.29. The summed E-state index contributed by atoms with van der Waals surface area (Å²) in [6, 6.07) is 0. The van der Waals surface area contributed by atoms with Crippen LogP contribution in [0.4, 0.5) is 0 Å². The van der Waals surface area contributed by atoms with Crippen molar-refractivity contribution in [3.63, 3.8) is 0 Å². The first-order valence-corrected chi connectivity index (χ1v) is 7.62. The molecule has 0 fully saturated rings. The summed E-state index contributed by atoms with van der Waals surface area (Å²) in [5, 5.41) is 8.80. The SMILES string of the molecule is C.CCC(C)(SC(C)=S)C(=O)O.CCC(C)=O.Cl.S=C=[SH+]. The predicted molar refractivity (Wildman–Crippen MR) is 109 cm³/mol. The third-order valence-electron chi connectivity index (χ3n) is 1.99. The van der Waals surface area contributed by atoms with E-state index in [1.54, 1.807) is 20.8 Å². The third-order valence-corrected chi connectivity index (χ3v) is 3.45. The zero-order valence-corrected chi connectivity index (χ0v) is 16.4. The molecule has 1 atom stereocenters. The van der Waals surface area contributed by atoms with Crippen molar-refractivity contribution >= 4 is 81.1 Å². The van der Waals surface area contributed by atoms with E-state index in [-0.39, 0.29) is 25.6 Å². The van der Waals surface area contributed by atoms with E-state index in [9.17, 15) is 9.59 Å². The Morgan fingerprint density at radius 3 is 1.67 bits per heavy atom. The summed E-state index contributed by atoms with van der Waals surface area (Å²) in [6.07, 6.45) is 1.25. The highest BCUT2D eigenvalue weighted by Gasteiger charge is 2.32. The zero-order chi connectivity index (χ0) is 16.1. The number of ketones is 1. The minimum absolute atomic E-state index is 0. The number of Topliss-reactive ketones (excluding diaryl/α,β-unsaturated/α-hetero) is 1. The molecule has 0 radical (unpaired) electrons. The predicted octanol–water partition coefficient (Wildman–Crippen LogP) is 4.46. The number of aliphatic carboxylic acids is 1. The molecular formula is C13H26ClO3S4+. The molecule has 0 saturated heterocycles. The maximum Gasteiger partial charge on any atom is 0.319 e. The minimum atomic E-state index is -0.797. The van der Waals surface area contributed by atoms with Gasteiger partial charge < -0.3 is 9.90 Å². The number of hydrogen-bond acceptors (Lipinski definition) is 5. The first-order valence-electron chi connectivity index (χ1n) is 5.54. The van der Waals surface area contributed by atoms with Gasteiger partial charge in [-0.25, -0.2) is 0 Å². The van der Waals surface area contributed by atoms with Gasteiger partial charge in [-0.1, -0.05) is 33.5 Å². The first kappa shape index (κ1) is 32.9. The highest BCUT2D eigenvalue weighted by atomic mass is 35.5. The van der Waals surface area contributed by atoms with Gasteiger partial charge in [0.05, 0.1) is 0 Å². The molecule has 0 aromatic heterocycles. The van der Waals surface area contributed by atoms with Crippen LogP contribution in [-0.2, 0) is 21.8 Å². The molecule has 8 heteroatoms. The standard InChI is InChI=1S/C7H12O2S2.C4H8O.CS2.CH4.ClH/c1-4-7(3,6(8)9)11-5(2)10;1-3-4(2)5;2-1-3;;/h4H2,1-3H3,(H,8,9);3H2,1-2H3;;1H4;1H/p+1. The lowest BCUT2D eigenvalue weighted by Crippen LogP contribution is -2.31. The van der Waals surface area contributed by atoms with Gasteiger partial charge in [-0.2, -0.15) is 0 Å². The summed E-state index contributed by atoms with van der Waals surface area (Å²) in [6.45, 7) is 8.72. The molecule has 0 heterocycles. The van der Waals surface area contributed by atoms with Crippen molar-refractivity contribution in [1.29, 1.82) is 0 Å². The summed E-state index contributed by atoms with van der Waals surface area (Å²) in [5.74, 6) is -0.542. The second-order valence-electron chi connectivity index (χ2n) is 3.63. The third kappa shape index (κ3) is 25.4. The topological polar surface area (TPSA) is 54.4 Å². The number of carbonyl (C=O) groups is 2. The van der Waals surface area contributed by atoms with Crippen LogP contribution < -0.4 is 0 Å². The summed E-state index contributed by atoms with van der Waals surface area (Å²) in [7, 11) is 0. The molecule has 0 spiro atoms. The van der Waals surface area contributed by atoms with Crippen LogP contribution >= 0.6 is 48.6 Å². The molecule has 0 saturated carbocycles. The molecule has 0 aromatic rings. The van der Waals surface area contributed by atoms with Crippen LogP contribution in [0.15, 0.2) is 0 Å². The number of thioether (sulfide) groups is 1. The maximum atomic E-state index is 10.7. The highest BCUT2D eigenvalue weighted by molar-refractivity contribution is 8.24. The zero-order valence-electron chi connectivity index (χ0n) is 12.3. The Hall–Kier alpha value is 0.0900. The first-order chi connectivity index (χ1) is 8.60. The molecule has 1 N–H and O–H groups in total. The Balaban J connectivity index is -0.0000000726. The molecule has 0 aliphatic carbocycles. The van der Waals surface area contributed by atoms with Gasteiger partial charge in [0, 0.05) is 22.8 Å². The molecule has 1 unspecified atom stereocenters. The van der Waals surface area contributed by atoms with E-state index in [0.29, 0.717) is 17.0 Å². The van der Waals surface area contributed by atoms with Gasteiger partial charge >= 0.3 is 5.97 Å². The van der Waals surface area contributed by atoms with E-state index in [1.165, 1.54) is 11.8 Å². The largest absolute Gasteiger partial charge is 0.480 e. The Labute approximate surface area is 155 Å². The average molecular weight is 394 g/mol. The number of rotatable bonds is 4. The lowest BCUT2D eigenvalue weighted by atomic mass is 10.1. The second-order valence-corrected chi connectivity index (χ2v) is 6.95. The van der Waals surface area contributed by atoms with E-state index >= 15 is 0 Å². The average Bonchev–Trinajstić information content (AvgIpc) is 2.29. The van der Waals surface area contributed by atoms with E-state index in [4.69, 9.17) is 17.3 Å². The molecule has 0 bridgehead atoms. The van der Waals surface area contributed by atoms with Gasteiger partial charge in [-0.15, -0.1) is 24.2 Å². The Morgan fingerprint density at radius 1 is 1.33 bits per heavy atom. The lowest BCUT2D eigenvalue weighted by molar-refractivity contribution is -0.139. The van der Waals surface area contributed by atoms with Crippen LogP contribution in [0.25, 0.3) is 0 Å². The van der Waals surface area contributed by atoms with Crippen LogP contribution in [0.5, 0.6) is 0 Å². The summed E-state index contributed by atoms with van der Waals surface area (Å²) >= 11 is 13.4. The Kier molecular flexibility index (Phi) is 31.5. The van der Waals surface area contributed by atoms with Crippen molar-refractivity contribution in [2.75, 3.05) is 0 Å². The van der Waals surface area contributed by atoms with Crippen LogP contribution in [0.3, 0.4) is 0 Å². The number of halogens is 1. The van der Waals surface area contributed by atoms with Gasteiger partial charge in [0.2, 0.25) is 12.2 Å². The van der Waals surface area contributed by atoms with E-state index in [1.807, 2.05) is 18.2 Å². The molecule has 0 aliphatic rings. The number of thiol groups is 1. The van der Waals surface area contributed by atoms with Crippen molar-refractivity contribution in [2.24, 2.45) is 0 Å². The van der Waals surface area contributed by atoms with Crippen molar-refractivity contribution in [3.8, 4) is 0 Å². The van der Waals surface area contributed by atoms with E-state index < -0.39 is 10.7 Å². The molecule has 21 heavy (non-hydrogen) atoms. The molecule has 0 rings (SSSR count). The van der Waals surface area contributed by atoms with Crippen molar-refractivity contribution in [2.45, 2.75) is 59.6 Å². The van der Waals surface area contributed by atoms with Gasteiger partial charge in [-0.3, -0.25) is 4.79 Å². The quantitative estimate of drug-likeness (QED) is 0.432. The smallest absolute Gasteiger partial charge is 0.319 e. The van der Waals surface area contributed by atoms with Crippen molar-refractivity contribution < 1.29 is 14.7 Å². The maximum absolute atomic E-state index is 10.7. The fourth-order valence-electron chi connectivity index (χ4n) is 0.584. The minimum Gasteiger partial charge on any atom is -0.480 e. The van der Waals surface area contributed by atoms with Crippen LogP contribution in [0, 0.1) is 0 Å². The number of carbonyl (C=O) groups excluding carboxylic acids is 1. The summed E-state index contributed by atoms with van der Waals surface area (Å²) in [4.78, 5) is 20.5. The Morgan fingerprint density at radius 2 is 1.62 bits per heavy atom. The van der Waals surface area contributed by atoms with Crippen LogP contribution in [0.1, 0.15) is 54.9 Å². The van der Waals surface area contributed by atoms with Crippen molar-refractivity contribution in [1.82, 2.24) is 0 Å². The number of thiocarbonyl (C=S) groups is 2. The van der Waals surface area contributed by atoms with Gasteiger partial charge in [0.15, 0.2) is 0 Å². The number of hydrogen-bond donors (Lipinski definition) is 1. The molecular weight excluding hydrogens is 368 g/mol. The molecule has 0 aromatic carbocycles. The molecule has 126 valence electrons. The summed E-state index contributed by atoms with van der Waals surface area (Å²) < 4.78 is 1.96. The lowest BCUT2D eigenvalue weighted by Gasteiger charge is -2.20. The van der Waals surface area contributed by atoms with Crippen LogP contribution in [-0.4, -0.2) is 30.1 Å². The van der Waals surface area contributed by atoms with Gasteiger partial charge in [-0.05, 0) is 27.2 Å². The van der Waals surface area contributed by atoms with E-state index in [0.717, 1.165) is 0 Å². The Bertz CT molecular complexity index is 342. The fourth-order valence-corrected chi connectivity index (χ4v) is 2.00. The molecule has 0 amide bonds. The number of carboxylic acids is 1. The molecule has 3 nitrogen and oxygen atoms in total. The van der Waals surface area contributed by atoms with Crippen LogP contribution in [0.2, 0.25) is 0 Å². The summed E-state index contributed by atoms with van der Waals surface area (Å²) in [5.41, 5.74) is 0. The van der Waals surface area contributed by atoms with Gasteiger partial charge in [0.25, 0.3) is 4.31 Å². The van der Waals surface area contributed by atoms with E-state index in [2.05, 4.69) is 24.4 Å². The normalized spacial score (nSPS) is 10.3. The monoisotopic (exact) mass is 393 g/mol. The number of carboxylic acid groups (broad SMARTS) is 1. The molecule has 0 aliphatic heterocycles. The second kappa shape index (κ2) is 20.1. The fraction of sp³-hybridized carbons (Fsp3) is 0.692. The van der Waals surface area contributed by atoms with Crippen molar-refractivity contribution in [3.05, 3.63) is 0 Å².